The Bertz CT molecular complexity index is 519. The molecular weight excluding hydrogens is 344 g/mol. The molecule has 2 rings (SSSR count). The van der Waals surface area contributed by atoms with Gasteiger partial charge in [0.15, 0.2) is 0 Å². The summed E-state index contributed by atoms with van der Waals surface area (Å²) < 4.78 is 10.9. The largest absolute Gasteiger partial charge is 0.508 e. The molecule has 130 valence electrons. The topological polar surface area (TPSA) is 58.9 Å². The van der Waals surface area contributed by atoms with E-state index < -0.39 is 0 Å². The Balaban J connectivity index is 1.40. The van der Waals surface area contributed by atoms with Gasteiger partial charge in [-0.05, 0) is 55.0 Å². The van der Waals surface area contributed by atoms with Gasteiger partial charge in [0.2, 0.25) is 0 Å². The van der Waals surface area contributed by atoms with Crippen LogP contribution in [0.2, 0.25) is 0 Å². The molecule has 24 heavy (non-hydrogen) atoms. The van der Waals surface area contributed by atoms with Crippen molar-refractivity contribution in [1.82, 2.24) is 0 Å². The molecule has 0 aliphatic rings. The maximum absolute atomic E-state index is 9.21. The second-order valence-corrected chi connectivity index (χ2v) is 7.31. The molecule has 2 aromatic carbocycles. The third-order valence-corrected chi connectivity index (χ3v) is 5.11. The summed E-state index contributed by atoms with van der Waals surface area (Å²) in [4.78, 5) is 2.26. The lowest BCUT2D eigenvalue weighted by Gasteiger charge is -2.06. The fourth-order valence-corrected chi connectivity index (χ4v) is 3.42. The summed E-state index contributed by atoms with van der Waals surface area (Å²) >= 11 is 3.43. The Morgan fingerprint density at radius 3 is 1.75 bits per heavy atom. The van der Waals surface area contributed by atoms with Crippen LogP contribution in [0.4, 0.5) is 0 Å². The molecule has 0 unspecified atom stereocenters. The van der Waals surface area contributed by atoms with Crippen LogP contribution in [0.15, 0.2) is 58.3 Å². The molecule has 0 spiro atoms. The molecule has 0 bridgehead atoms. The number of hydrogen-bond acceptors (Lipinski definition) is 6. The van der Waals surface area contributed by atoms with Crippen molar-refractivity contribution in [1.29, 1.82) is 0 Å². The molecule has 4 nitrogen and oxygen atoms in total. The van der Waals surface area contributed by atoms with Crippen LogP contribution in [0, 0.1) is 0 Å². The van der Waals surface area contributed by atoms with Crippen LogP contribution in [0.1, 0.15) is 6.42 Å². The van der Waals surface area contributed by atoms with Crippen molar-refractivity contribution in [2.24, 2.45) is 0 Å². The SMILES string of the molecule is Oc1ccc(SCCCOCOCCSc2ccc(O)cc2)cc1. The van der Waals surface area contributed by atoms with Gasteiger partial charge in [-0.2, -0.15) is 0 Å². The second kappa shape index (κ2) is 11.3. The van der Waals surface area contributed by atoms with Gasteiger partial charge < -0.3 is 19.7 Å². The lowest BCUT2D eigenvalue weighted by Crippen LogP contribution is -2.04. The highest BCUT2D eigenvalue weighted by Gasteiger charge is 1.97. The summed E-state index contributed by atoms with van der Waals surface area (Å²) in [5, 5.41) is 18.4. The van der Waals surface area contributed by atoms with E-state index >= 15 is 0 Å². The third-order valence-electron chi connectivity index (χ3n) is 3.04. The van der Waals surface area contributed by atoms with Gasteiger partial charge in [0, 0.05) is 21.3 Å². The number of phenolic OH excluding ortho intramolecular Hbond substituents is 2. The average molecular weight is 367 g/mol. The molecule has 0 aromatic heterocycles. The van der Waals surface area contributed by atoms with Gasteiger partial charge in [-0.15, -0.1) is 23.5 Å². The Hall–Kier alpha value is -1.34. The molecule has 0 saturated carbocycles. The van der Waals surface area contributed by atoms with Crippen molar-refractivity contribution in [3.63, 3.8) is 0 Å². The van der Waals surface area contributed by atoms with E-state index in [2.05, 4.69) is 0 Å². The van der Waals surface area contributed by atoms with E-state index in [1.807, 2.05) is 24.3 Å². The quantitative estimate of drug-likeness (QED) is 0.350. The zero-order valence-corrected chi connectivity index (χ0v) is 15.0. The second-order valence-electron chi connectivity index (χ2n) is 4.97. The van der Waals surface area contributed by atoms with E-state index in [4.69, 9.17) is 9.47 Å². The molecular formula is C18H22O4S2. The highest BCUT2D eigenvalue weighted by molar-refractivity contribution is 7.99. The van der Waals surface area contributed by atoms with Crippen LogP contribution in [-0.4, -0.2) is 41.7 Å². The van der Waals surface area contributed by atoms with Gasteiger partial charge in [-0.25, -0.2) is 0 Å². The Morgan fingerprint density at radius 2 is 1.17 bits per heavy atom. The molecule has 0 atom stereocenters. The lowest BCUT2D eigenvalue weighted by atomic mass is 10.3. The first kappa shape index (κ1) is 19.0. The monoisotopic (exact) mass is 366 g/mol. The lowest BCUT2D eigenvalue weighted by molar-refractivity contribution is -0.0477. The van der Waals surface area contributed by atoms with Crippen LogP contribution in [-0.2, 0) is 9.47 Å². The van der Waals surface area contributed by atoms with E-state index in [0.29, 0.717) is 25.8 Å². The number of benzene rings is 2. The molecule has 0 fully saturated rings. The summed E-state index contributed by atoms with van der Waals surface area (Å²) in [6.45, 7) is 1.63. The zero-order valence-electron chi connectivity index (χ0n) is 13.4. The summed E-state index contributed by atoms with van der Waals surface area (Å²) in [5.74, 6) is 2.41. The van der Waals surface area contributed by atoms with Gasteiger partial charge in [0.25, 0.3) is 0 Å². The van der Waals surface area contributed by atoms with Crippen molar-refractivity contribution in [3.8, 4) is 11.5 Å². The van der Waals surface area contributed by atoms with Crippen molar-refractivity contribution < 1.29 is 19.7 Å². The van der Waals surface area contributed by atoms with Crippen LogP contribution in [0.5, 0.6) is 11.5 Å². The summed E-state index contributed by atoms with van der Waals surface area (Å²) in [5.41, 5.74) is 0. The van der Waals surface area contributed by atoms with Gasteiger partial charge in [-0.1, -0.05) is 0 Å². The summed E-state index contributed by atoms with van der Waals surface area (Å²) in [6, 6.07) is 14.4. The summed E-state index contributed by atoms with van der Waals surface area (Å²) in [6.07, 6.45) is 0.956. The predicted octanol–water partition coefficient (Wildman–Crippen LogP) is 4.36. The molecule has 0 heterocycles. The van der Waals surface area contributed by atoms with E-state index in [0.717, 1.165) is 27.7 Å². The van der Waals surface area contributed by atoms with E-state index in [-0.39, 0.29) is 5.75 Å². The number of thioether (sulfide) groups is 2. The van der Waals surface area contributed by atoms with Gasteiger partial charge in [-0.3, -0.25) is 0 Å². The molecule has 2 aromatic rings. The first-order valence-corrected chi connectivity index (χ1v) is 9.70. The number of rotatable bonds is 11. The number of phenols is 2. The van der Waals surface area contributed by atoms with Crippen LogP contribution in [0.3, 0.4) is 0 Å². The minimum absolute atomic E-state index is 0.285. The zero-order chi connectivity index (χ0) is 17.0. The molecule has 0 saturated heterocycles. The Morgan fingerprint density at radius 1 is 0.667 bits per heavy atom. The Labute approximate surface area is 151 Å². The van der Waals surface area contributed by atoms with Crippen molar-refractivity contribution in [2.45, 2.75) is 16.2 Å². The van der Waals surface area contributed by atoms with Crippen molar-refractivity contribution in [2.75, 3.05) is 31.5 Å². The minimum atomic E-state index is 0.285. The smallest absolute Gasteiger partial charge is 0.146 e. The molecule has 0 aliphatic carbocycles. The minimum Gasteiger partial charge on any atom is -0.508 e. The summed E-state index contributed by atoms with van der Waals surface area (Å²) in [7, 11) is 0. The maximum Gasteiger partial charge on any atom is 0.146 e. The highest BCUT2D eigenvalue weighted by atomic mass is 32.2. The average Bonchev–Trinajstić information content (AvgIpc) is 2.60. The van der Waals surface area contributed by atoms with Crippen LogP contribution >= 0.6 is 23.5 Å². The molecule has 0 radical (unpaired) electrons. The van der Waals surface area contributed by atoms with Crippen molar-refractivity contribution >= 4 is 23.5 Å². The third kappa shape index (κ3) is 7.97. The van der Waals surface area contributed by atoms with Gasteiger partial charge in [0.1, 0.15) is 18.3 Å². The number of ether oxygens (including phenoxy) is 2. The normalized spacial score (nSPS) is 10.8. The fourth-order valence-electron chi connectivity index (χ4n) is 1.83. The van der Waals surface area contributed by atoms with Gasteiger partial charge in [0.05, 0.1) is 13.2 Å². The highest BCUT2D eigenvalue weighted by Crippen LogP contribution is 2.21. The standard InChI is InChI=1S/C18H22O4S2/c19-15-2-6-17(7-3-15)23-12-1-10-21-14-22-11-13-24-18-8-4-16(20)5-9-18/h2-9,19-20H,1,10-14H2. The molecule has 0 aliphatic heterocycles. The molecule has 2 N–H and O–H groups in total. The first-order chi connectivity index (χ1) is 11.7. The van der Waals surface area contributed by atoms with Crippen LogP contribution in [0.25, 0.3) is 0 Å². The molecule has 0 amide bonds. The van der Waals surface area contributed by atoms with E-state index in [1.165, 1.54) is 0 Å². The number of hydrogen-bond donors (Lipinski definition) is 2. The van der Waals surface area contributed by atoms with E-state index in [1.54, 1.807) is 47.8 Å². The number of aromatic hydroxyl groups is 2. The van der Waals surface area contributed by atoms with E-state index in [9.17, 15) is 10.2 Å². The van der Waals surface area contributed by atoms with Crippen molar-refractivity contribution in [3.05, 3.63) is 48.5 Å². The molecule has 6 heteroatoms. The predicted molar refractivity (Wildman–Crippen MR) is 99.0 cm³/mol. The Kier molecular flexibility index (Phi) is 8.91. The first-order valence-electron chi connectivity index (χ1n) is 7.73. The van der Waals surface area contributed by atoms with Gasteiger partial charge >= 0.3 is 0 Å². The maximum atomic E-state index is 9.21. The fraction of sp³-hybridized carbons (Fsp3) is 0.333. The van der Waals surface area contributed by atoms with Crippen LogP contribution < -0.4 is 0 Å².